The Morgan fingerprint density at radius 3 is 2.12 bits per heavy atom. The van der Waals surface area contributed by atoms with E-state index in [1.165, 1.54) is 26.9 Å². The maximum atomic E-state index is 6.78. The second-order valence-electron chi connectivity index (χ2n) is 12.4. The molecule has 10 rings (SSSR count). The molecule has 0 bridgehead atoms. The van der Waals surface area contributed by atoms with Crippen molar-refractivity contribution in [3.8, 4) is 11.1 Å². The molecule has 230 valence electrons. The monoisotopic (exact) mass is 628 g/mol. The van der Waals surface area contributed by atoms with Crippen molar-refractivity contribution < 1.29 is 4.42 Å². The van der Waals surface area contributed by atoms with E-state index < -0.39 is 0 Å². The molecule has 0 saturated heterocycles. The van der Waals surface area contributed by atoms with Gasteiger partial charge in [-0.3, -0.25) is 4.98 Å². The minimum atomic E-state index is -0.301. The smallest absolute Gasteiger partial charge is 0.160 e. The van der Waals surface area contributed by atoms with Gasteiger partial charge in [0.05, 0.1) is 0 Å². The van der Waals surface area contributed by atoms with Crippen LogP contribution in [0.5, 0.6) is 0 Å². The van der Waals surface area contributed by atoms with Crippen LogP contribution < -0.4 is 5.32 Å². The lowest BCUT2D eigenvalue weighted by atomic mass is 9.91. The number of pyridine rings is 1. The van der Waals surface area contributed by atoms with Crippen LogP contribution in [0.1, 0.15) is 22.9 Å². The number of benzene rings is 7. The highest BCUT2D eigenvalue weighted by atomic mass is 16.3. The van der Waals surface area contributed by atoms with Gasteiger partial charge in [0.25, 0.3) is 0 Å². The van der Waals surface area contributed by atoms with E-state index in [-0.39, 0.29) is 6.17 Å². The molecule has 1 atom stereocenters. The molecule has 5 heteroatoms. The zero-order valence-corrected chi connectivity index (χ0v) is 26.3. The van der Waals surface area contributed by atoms with Gasteiger partial charge >= 0.3 is 0 Å². The lowest BCUT2D eigenvalue weighted by Crippen LogP contribution is -2.33. The Balaban J connectivity index is 1.22. The lowest BCUT2D eigenvalue weighted by molar-refractivity contribution is 0.669. The van der Waals surface area contributed by atoms with Crippen LogP contribution in [0.2, 0.25) is 0 Å². The van der Waals surface area contributed by atoms with Crippen molar-refractivity contribution in [2.45, 2.75) is 6.17 Å². The first-order valence-corrected chi connectivity index (χ1v) is 16.5. The van der Waals surface area contributed by atoms with Crippen LogP contribution in [0, 0.1) is 0 Å². The van der Waals surface area contributed by atoms with E-state index in [1.807, 2.05) is 60.9 Å². The molecule has 0 aliphatic carbocycles. The highest BCUT2D eigenvalue weighted by Gasteiger charge is 2.24. The molecule has 0 saturated carbocycles. The number of amidine groups is 2. The third-order valence-electron chi connectivity index (χ3n) is 9.61. The summed E-state index contributed by atoms with van der Waals surface area (Å²) in [4.78, 5) is 15.1. The van der Waals surface area contributed by atoms with E-state index in [9.17, 15) is 0 Å². The number of aromatic nitrogens is 1. The number of hydrogen-bond acceptors (Lipinski definition) is 5. The molecule has 7 aromatic carbocycles. The number of fused-ring (bicyclic) bond motifs is 8. The summed E-state index contributed by atoms with van der Waals surface area (Å²) in [6.07, 6.45) is 3.54. The molecule has 0 fully saturated rings. The predicted molar refractivity (Wildman–Crippen MR) is 201 cm³/mol. The molecule has 9 aromatic rings. The van der Waals surface area contributed by atoms with E-state index >= 15 is 0 Å². The van der Waals surface area contributed by atoms with Crippen molar-refractivity contribution in [3.63, 3.8) is 0 Å². The third-order valence-corrected chi connectivity index (χ3v) is 9.61. The van der Waals surface area contributed by atoms with Gasteiger partial charge in [-0.1, -0.05) is 133 Å². The first-order chi connectivity index (χ1) is 24.3. The molecular weight excluding hydrogens is 601 g/mol. The lowest BCUT2D eigenvalue weighted by Gasteiger charge is -2.23. The summed E-state index contributed by atoms with van der Waals surface area (Å²) in [7, 11) is 0. The zero-order valence-electron chi connectivity index (χ0n) is 26.3. The SMILES string of the molecule is c1ccc(C2=NC(c3cccc4oc5c(-c6cc7c8ccccc8ccc7c7ccccc67)cncc5c34)=NC(c3ccccc3)N2)cc1. The summed E-state index contributed by atoms with van der Waals surface area (Å²) < 4.78 is 6.78. The van der Waals surface area contributed by atoms with E-state index in [4.69, 9.17) is 19.4 Å². The van der Waals surface area contributed by atoms with Crippen molar-refractivity contribution in [3.05, 3.63) is 175 Å². The molecule has 2 aromatic heterocycles. The molecule has 5 nitrogen and oxygen atoms in total. The normalized spacial score (nSPS) is 14.7. The quantitative estimate of drug-likeness (QED) is 0.197. The number of aliphatic imine (C=N–C) groups is 2. The highest BCUT2D eigenvalue weighted by Crippen LogP contribution is 2.42. The molecule has 1 unspecified atom stereocenters. The highest BCUT2D eigenvalue weighted by molar-refractivity contribution is 6.25. The maximum Gasteiger partial charge on any atom is 0.160 e. The van der Waals surface area contributed by atoms with Crippen LogP contribution in [0.15, 0.2) is 172 Å². The van der Waals surface area contributed by atoms with Crippen molar-refractivity contribution in [2.75, 3.05) is 0 Å². The minimum Gasteiger partial charge on any atom is -0.455 e. The van der Waals surface area contributed by atoms with Crippen LogP contribution in [0.4, 0.5) is 0 Å². The van der Waals surface area contributed by atoms with Crippen LogP contribution >= 0.6 is 0 Å². The molecular formula is C44H28N4O. The Labute approximate surface area is 281 Å². The fourth-order valence-electron chi connectivity index (χ4n) is 7.32. The van der Waals surface area contributed by atoms with E-state index in [0.29, 0.717) is 5.84 Å². The van der Waals surface area contributed by atoms with Gasteiger partial charge in [-0.05, 0) is 55.6 Å². The Morgan fingerprint density at radius 2 is 1.27 bits per heavy atom. The number of furan rings is 1. The zero-order chi connectivity index (χ0) is 32.3. The fourth-order valence-corrected chi connectivity index (χ4v) is 7.32. The molecule has 3 heterocycles. The number of nitrogens with zero attached hydrogens (tertiary/aromatic N) is 3. The summed E-state index contributed by atoms with van der Waals surface area (Å²) in [6.45, 7) is 0. The van der Waals surface area contributed by atoms with Gasteiger partial charge in [0, 0.05) is 39.9 Å². The molecule has 1 aliphatic heterocycles. The number of rotatable bonds is 4. The largest absolute Gasteiger partial charge is 0.455 e. The van der Waals surface area contributed by atoms with Crippen molar-refractivity contribution in [2.24, 2.45) is 9.98 Å². The van der Waals surface area contributed by atoms with Crippen molar-refractivity contribution >= 4 is 65.9 Å². The van der Waals surface area contributed by atoms with E-state index in [2.05, 4.69) is 102 Å². The van der Waals surface area contributed by atoms with Crippen LogP contribution in [-0.4, -0.2) is 16.7 Å². The van der Waals surface area contributed by atoms with Gasteiger partial charge in [-0.2, -0.15) is 0 Å². The van der Waals surface area contributed by atoms with Crippen LogP contribution in [0.25, 0.3) is 65.4 Å². The molecule has 0 spiro atoms. The average Bonchev–Trinajstić information content (AvgIpc) is 3.57. The first-order valence-electron chi connectivity index (χ1n) is 16.5. The van der Waals surface area contributed by atoms with E-state index in [1.54, 1.807) is 0 Å². The third kappa shape index (κ3) is 4.44. The van der Waals surface area contributed by atoms with Gasteiger partial charge in [-0.15, -0.1) is 0 Å². The minimum absolute atomic E-state index is 0.301. The van der Waals surface area contributed by atoms with Gasteiger partial charge in [0.15, 0.2) is 5.84 Å². The van der Waals surface area contributed by atoms with Crippen LogP contribution in [0.3, 0.4) is 0 Å². The van der Waals surface area contributed by atoms with Gasteiger partial charge in [0.2, 0.25) is 0 Å². The molecule has 0 radical (unpaired) electrons. The van der Waals surface area contributed by atoms with E-state index in [0.717, 1.165) is 61.0 Å². The van der Waals surface area contributed by atoms with Crippen LogP contribution in [-0.2, 0) is 0 Å². The molecule has 0 amide bonds. The maximum absolute atomic E-state index is 6.78. The molecule has 1 N–H and O–H groups in total. The summed E-state index contributed by atoms with van der Waals surface area (Å²) in [5, 5.41) is 12.7. The van der Waals surface area contributed by atoms with Gasteiger partial charge < -0.3 is 9.73 Å². The Hall–Kier alpha value is -6.59. The predicted octanol–water partition coefficient (Wildman–Crippen LogP) is 10.6. The molecule has 1 aliphatic rings. The number of hydrogen-bond donors (Lipinski definition) is 1. The topological polar surface area (TPSA) is 62.8 Å². The standard InChI is InChI=1S/C44H28N4O/c1-3-13-28(14-4-1)42-46-43(29-15-5-2-6-16-29)48-44(47-42)34-20-11-21-39-40(34)38-26-45-25-37(41(38)49-39)36-24-35-30-17-8-7-12-27(30)22-23-33(35)31-18-9-10-19-32(31)36/h1-26,42H,(H,46,47,48). The van der Waals surface area contributed by atoms with Gasteiger partial charge in [0.1, 0.15) is 23.2 Å². The second kappa shape index (κ2) is 11.0. The summed E-state index contributed by atoms with van der Waals surface area (Å²) in [5.41, 5.74) is 6.57. The Morgan fingerprint density at radius 1 is 0.531 bits per heavy atom. The Bertz CT molecular complexity index is 2800. The molecule has 49 heavy (non-hydrogen) atoms. The second-order valence-corrected chi connectivity index (χ2v) is 12.4. The first kappa shape index (κ1) is 27.5. The fraction of sp³-hybridized carbons (Fsp3) is 0.0227. The number of nitrogens with one attached hydrogen (secondary N) is 1. The summed E-state index contributed by atoms with van der Waals surface area (Å²) in [5.74, 6) is 1.42. The van der Waals surface area contributed by atoms with Crippen molar-refractivity contribution in [1.82, 2.24) is 10.3 Å². The average molecular weight is 629 g/mol. The summed E-state index contributed by atoms with van der Waals surface area (Å²) >= 11 is 0. The van der Waals surface area contributed by atoms with Crippen molar-refractivity contribution in [1.29, 1.82) is 0 Å². The van der Waals surface area contributed by atoms with Gasteiger partial charge in [-0.25, -0.2) is 9.98 Å². The Kier molecular flexibility index (Phi) is 6.18. The summed E-state index contributed by atoms with van der Waals surface area (Å²) in [6, 6.07) is 50.6.